The van der Waals surface area contributed by atoms with Crippen LogP contribution in [0.3, 0.4) is 0 Å². The molecule has 0 unspecified atom stereocenters. The molecular weight excluding hydrogens is 705 g/mol. The number of nitriles is 1. The number of para-hydroxylation sites is 2. The van der Waals surface area contributed by atoms with Crippen molar-refractivity contribution in [2.75, 3.05) is 0 Å². The molecule has 1 aliphatic heterocycles. The van der Waals surface area contributed by atoms with Gasteiger partial charge in [0.25, 0.3) is 0 Å². The molecule has 7 heteroatoms. The molecule has 6 nitrogen and oxygen atoms in total. The van der Waals surface area contributed by atoms with Gasteiger partial charge in [0, 0.05) is 49.7 Å². The first kappa shape index (κ1) is 31.0. The summed E-state index contributed by atoms with van der Waals surface area (Å²) < 4.78 is 4.66. The van der Waals surface area contributed by atoms with Crippen molar-refractivity contribution >= 4 is 61.1 Å². The fourth-order valence-electron chi connectivity index (χ4n) is 9.49. The molecule has 0 fully saturated rings. The Balaban J connectivity index is 1.18. The van der Waals surface area contributed by atoms with Crippen molar-refractivity contribution in [3.05, 3.63) is 197 Å². The zero-order valence-electron chi connectivity index (χ0n) is 29.6. The highest BCUT2D eigenvalue weighted by Crippen LogP contribution is 2.62. The van der Waals surface area contributed by atoms with Gasteiger partial charge < -0.3 is 9.13 Å². The summed E-state index contributed by atoms with van der Waals surface area (Å²) in [5, 5.41) is 14.1. The third-order valence-corrected chi connectivity index (χ3v) is 12.9. The number of hydrogen-bond donors (Lipinski definition) is 0. The topological polar surface area (TPSA) is 63.8 Å². The molecule has 1 aliphatic carbocycles. The molecule has 6 aromatic carbocycles. The molecule has 0 radical (unpaired) electrons. The van der Waals surface area contributed by atoms with Crippen molar-refractivity contribution in [1.82, 2.24) is 19.1 Å². The SMILES string of the molecule is [C-]#[N+]c1ccc2c(c1)c1ccccc1n2-c1ccc2c(c1)C1(c3cc(-n4c5ccccc5c5cc(C#N)ccc54)ccc3S2)c2cccnc2-c2ncccc21. The molecule has 4 aromatic heterocycles. The lowest BCUT2D eigenvalue weighted by Gasteiger charge is -2.39. The van der Waals surface area contributed by atoms with E-state index in [1.165, 1.54) is 20.9 Å². The minimum Gasteiger partial charge on any atom is -0.309 e. The van der Waals surface area contributed by atoms with Crippen LogP contribution in [0.4, 0.5) is 5.69 Å². The number of pyridine rings is 2. The lowest BCUT2D eigenvalue weighted by molar-refractivity contribution is 0.717. The summed E-state index contributed by atoms with van der Waals surface area (Å²) in [7, 11) is 0. The van der Waals surface area contributed by atoms with Crippen LogP contribution < -0.4 is 0 Å². The summed E-state index contributed by atoms with van der Waals surface area (Å²) in [6.07, 6.45) is 3.73. The van der Waals surface area contributed by atoms with Crippen LogP contribution in [0.15, 0.2) is 168 Å². The van der Waals surface area contributed by atoms with Gasteiger partial charge in [-0.05, 0) is 119 Å². The third kappa shape index (κ3) is 3.94. The number of aromatic nitrogens is 4. The fraction of sp³-hybridized carbons (Fsp3) is 0.0204. The summed E-state index contributed by atoms with van der Waals surface area (Å²) in [4.78, 5) is 16.1. The molecule has 258 valence electrons. The van der Waals surface area contributed by atoms with E-state index >= 15 is 0 Å². The highest BCUT2D eigenvalue weighted by Gasteiger charge is 2.52. The first-order valence-corrected chi connectivity index (χ1v) is 19.2. The van der Waals surface area contributed by atoms with Gasteiger partial charge in [-0.3, -0.25) is 9.97 Å². The van der Waals surface area contributed by atoms with Crippen LogP contribution in [0.2, 0.25) is 0 Å². The van der Waals surface area contributed by atoms with Gasteiger partial charge in [0.2, 0.25) is 0 Å². The van der Waals surface area contributed by atoms with Crippen LogP contribution in [0.5, 0.6) is 0 Å². The molecular formula is C49H26N6S. The summed E-state index contributed by atoms with van der Waals surface area (Å²) in [6, 6.07) is 53.5. The van der Waals surface area contributed by atoms with Crippen molar-refractivity contribution in [3.63, 3.8) is 0 Å². The third-order valence-electron chi connectivity index (χ3n) is 11.7. The van der Waals surface area contributed by atoms with Crippen LogP contribution >= 0.6 is 11.8 Å². The molecule has 5 heterocycles. The zero-order chi connectivity index (χ0) is 37.1. The van der Waals surface area contributed by atoms with E-state index in [4.69, 9.17) is 16.5 Å². The molecule has 2 aliphatic rings. The molecule has 56 heavy (non-hydrogen) atoms. The minimum atomic E-state index is -0.724. The van der Waals surface area contributed by atoms with Crippen molar-refractivity contribution in [2.45, 2.75) is 15.2 Å². The smallest absolute Gasteiger partial charge is 0.188 e. The van der Waals surface area contributed by atoms with E-state index < -0.39 is 5.41 Å². The number of benzene rings is 6. The first-order chi connectivity index (χ1) is 27.7. The van der Waals surface area contributed by atoms with Gasteiger partial charge in [-0.25, -0.2) is 4.85 Å². The largest absolute Gasteiger partial charge is 0.309 e. The minimum absolute atomic E-state index is 0.626. The average Bonchev–Trinajstić information content (AvgIpc) is 3.88. The van der Waals surface area contributed by atoms with E-state index in [0.717, 1.165) is 77.5 Å². The summed E-state index contributed by atoms with van der Waals surface area (Å²) in [5.74, 6) is 0. The Hall–Kier alpha value is -7.45. The van der Waals surface area contributed by atoms with E-state index in [1.54, 1.807) is 11.8 Å². The number of nitrogens with zero attached hydrogens (tertiary/aromatic N) is 6. The zero-order valence-corrected chi connectivity index (χ0v) is 30.4. The second kappa shape index (κ2) is 11.3. The number of hydrogen-bond acceptors (Lipinski definition) is 4. The number of fused-ring (bicyclic) bond motifs is 15. The highest BCUT2D eigenvalue weighted by atomic mass is 32.2. The Bertz CT molecular complexity index is 3220. The van der Waals surface area contributed by atoms with Crippen LogP contribution in [-0.2, 0) is 5.41 Å². The van der Waals surface area contributed by atoms with E-state index in [0.29, 0.717) is 11.3 Å². The van der Waals surface area contributed by atoms with Gasteiger partial charge in [-0.2, -0.15) is 5.26 Å². The van der Waals surface area contributed by atoms with E-state index in [9.17, 15) is 5.26 Å². The Morgan fingerprint density at radius 2 is 1.07 bits per heavy atom. The normalized spacial score (nSPS) is 13.4. The van der Waals surface area contributed by atoms with Gasteiger partial charge in [0.05, 0.1) is 57.1 Å². The Labute approximate surface area is 325 Å². The average molecular weight is 731 g/mol. The van der Waals surface area contributed by atoms with Crippen LogP contribution in [-0.4, -0.2) is 19.1 Å². The van der Waals surface area contributed by atoms with Gasteiger partial charge in [0.15, 0.2) is 5.69 Å². The van der Waals surface area contributed by atoms with Crippen molar-refractivity contribution in [2.24, 2.45) is 0 Å². The van der Waals surface area contributed by atoms with Crippen molar-refractivity contribution < 1.29 is 0 Å². The second-order valence-electron chi connectivity index (χ2n) is 14.4. The van der Waals surface area contributed by atoms with E-state index in [1.807, 2.05) is 48.8 Å². The Morgan fingerprint density at radius 1 is 0.536 bits per heavy atom. The van der Waals surface area contributed by atoms with Crippen LogP contribution in [0.25, 0.3) is 71.2 Å². The monoisotopic (exact) mass is 730 g/mol. The van der Waals surface area contributed by atoms with Crippen LogP contribution in [0.1, 0.15) is 27.8 Å². The lowest BCUT2D eigenvalue weighted by atomic mass is 9.67. The summed E-state index contributed by atoms with van der Waals surface area (Å²) >= 11 is 1.80. The van der Waals surface area contributed by atoms with Crippen molar-refractivity contribution in [1.29, 1.82) is 5.26 Å². The quantitative estimate of drug-likeness (QED) is 0.166. The molecule has 0 amide bonds. The molecule has 0 atom stereocenters. The maximum absolute atomic E-state index is 9.81. The van der Waals surface area contributed by atoms with Gasteiger partial charge in [-0.15, -0.1) is 0 Å². The number of rotatable bonds is 2. The van der Waals surface area contributed by atoms with E-state index in [2.05, 4.69) is 129 Å². The van der Waals surface area contributed by atoms with Crippen molar-refractivity contribution in [3.8, 4) is 28.8 Å². The van der Waals surface area contributed by atoms with Crippen LogP contribution in [0, 0.1) is 17.9 Å². The molecule has 10 aromatic rings. The lowest BCUT2D eigenvalue weighted by Crippen LogP contribution is -2.32. The fourth-order valence-corrected chi connectivity index (χ4v) is 10.6. The molecule has 0 saturated carbocycles. The summed E-state index contributed by atoms with van der Waals surface area (Å²) in [6.45, 7) is 7.72. The second-order valence-corrected chi connectivity index (χ2v) is 15.5. The Kier molecular flexibility index (Phi) is 6.24. The Morgan fingerprint density at radius 3 is 1.64 bits per heavy atom. The maximum Gasteiger partial charge on any atom is 0.188 e. The molecule has 0 bridgehead atoms. The van der Waals surface area contributed by atoms with Gasteiger partial charge in [-0.1, -0.05) is 66.4 Å². The predicted octanol–water partition coefficient (Wildman–Crippen LogP) is 11.9. The molecule has 12 rings (SSSR count). The maximum atomic E-state index is 9.81. The summed E-state index contributed by atoms with van der Waals surface area (Å²) in [5.41, 5.74) is 13.3. The first-order valence-electron chi connectivity index (χ1n) is 18.4. The standard InChI is InChI=1S/C49H26N6S/c1-51-30-15-19-44-36(25-30)34-9-3-5-13-42(34)55(44)32-17-21-46-40(27-32)49(37-10-6-22-52-47(37)48-38(49)11-7-23-53-48)39-26-31(16-20-45(39)56-46)54-41-12-4-2-8-33(41)35-24-29(28-50)14-18-43(35)54/h2-27H. The molecule has 1 spiro atoms. The highest BCUT2D eigenvalue weighted by molar-refractivity contribution is 7.99. The molecule has 0 saturated heterocycles. The van der Waals surface area contributed by atoms with Gasteiger partial charge in [0.1, 0.15) is 0 Å². The molecule has 0 N–H and O–H groups in total. The van der Waals surface area contributed by atoms with E-state index in [-0.39, 0.29) is 0 Å². The predicted molar refractivity (Wildman–Crippen MR) is 223 cm³/mol. The van der Waals surface area contributed by atoms with Gasteiger partial charge >= 0.3 is 0 Å².